The molecule has 0 aromatic heterocycles. The van der Waals surface area contributed by atoms with Crippen LogP contribution in [0.5, 0.6) is 5.75 Å². The lowest BCUT2D eigenvalue weighted by atomic mass is 9.99. The zero-order valence-corrected chi connectivity index (χ0v) is 12.1. The van der Waals surface area contributed by atoms with Crippen molar-refractivity contribution in [3.8, 4) is 16.9 Å². The number of carbonyl (C=O) groups is 2. The van der Waals surface area contributed by atoms with Crippen molar-refractivity contribution in [3.05, 3.63) is 53.6 Å². The van der Waals surface area contributed by atoms with Gasteiger partial charge < -0.3 is 9.84 Å². The molecule has 0 saturated heterocycles. The van der Waals surface area contributed by atoms with E-state index in [1.807, 2.05) is 24.3 Å². The second-order valence-corrected chi connectivity index (χ2v) is 4.67. The molecule has 0 saturated carbocycles. The highest BCUT2D eigenvalue weighted by molar-refractivity contribution is 6.17. The molecule has 0 spiro atoms. The second-order valence-electron chi connectivity index (χ2n) is 4.40. The van der Waals surface area contributed by atoms with Crippen LogP contribution in [0.25, 0.3) is 11.1 Å². The zero-order chi connectivity index (χ0) is 15.4. The average molecular weight is 305 g/mol. The van der Waals surface area contributed by atoms with Gasteiger partial charge in [-0.15, -0.1) is 11.6 Å². The van der Waals surface area contributed by atoms with E-state index in [1.54, 1.807) is 6.07 Å². The van der Waals surface area contributed by atoms with Crippen molar-refractivity contribution >= 4 is 23.5 Å². The Morgan fingerprint density at radius 3 is 2.52 bits per heavy atom. The molecule has 0 fully saturated rings. The fourth-order valence-electron chi connectivity index (χ4n) is 2.02. The number of hydrogen-bond acceptors (Lipinski definition) is 3. The lowest BCUT2D eigenvalue weighted by Gasteiger charge is -2.11. The first-order valence-corrected chi connectivity index (χ1v) is 6.76. The molecule has 0 aliphatic rings. The maximum atomic E-state index is 11.2. The number of benzene rings is 2. The number of aromatic carboxylic acids is 1. The molecule has 5 heteroatoms. The van der Waals surface area contributed by atoms with Crippen molar-refractivity contribution in [2.45, 2.75) is 12.8 Å². The standard InChI is InChI=1S/C16H13ClO4/c1-10(18)21-15-8-11(6-7-14(15)16(19)20)13-5-3-2-4-12(13)9-17/h2-8H,9H2,1H3,(H,19,20). The van der Waals surface area contributed by atoms with E-state index in [1.165, 1.54) is 19.1 Å². The number of esters is 1. The second kappa shape index (κ2) is 6.41. The van der Waals surface area contributed by atoms with E-state index >= 15 is 0 Å². The lowest BCUT2D eigenvalue weighted by Crippen LogP contribution is -2.07. The Kier molecular flexibility index (Phi) is 4.60. The SMILES string of the molecule is CC(=O)Oc1cc(-c2ccccc2CCl)ccc1C(=O)O. The van der Waals surface area contributed by atoms with Crippen LogP contribution in [0.15, 0.2) is 42.5 Å². The summed E-state index contributed by atoms with van der Waals surface area (Å²) in [5.41, 5.74) is 2.47. The van der Waals surface area contributed by atoms with Gasteiger partial charge in [0.2, 0.25) is 0 Å². The van der Waals surface area contributed by atoms with Gasteiger partial charge in [0.25, 0.3) is 0 Å². The first-order chi connectivity index (χ1) is 10.0. The molecule has 0 aliphatic heterocycles. The molecular weight excluding hydrogens is 292 g/mol. The molecule has 2 rings (SSSR count). The van der Waals surface area contributed by atoms with Gasteiger partial charge in [0.05, 0.1) is 0 Å². The molecule has 2 aromatic rings. The first-order valence-electron chi connectivity index (χ1n) is 6.23. The highest BCUT2D eigenvalue weighted by Crippen LogP contribution is 2.30. The van der Waals surface area contributed by atoms with Gasteiger partial charge >= 0.3 is 11.9 Å². The van der Waals surface area contributed by atoms with Crippen LogP contribution in [0.3, 0.4) is 0 Å². The molecule has 0 unspecified atom stereocenters. The summed E-state index contributed by atoms with van der Waals surface area (Å²) >= 11 is 5.91. The summed E-state index contributed by atoms with van der Waals surface area (Å²) < 4.78 is 4.99. The minimum absolute atomic E-state index is 0.0249. The summed E-state index contributed by atoms with van der Waals surface area (Å²) in [5, 5.41) is 9.13. The molecule has 0 radical (unpaired) electrons. The summed E-state index contributed by atoms with van der Waals surface area (Å²) in [6.07, 6.45) is 0. The molecular formula is C16H13ClO4. The zero-order valence-electron chi connectivity index (χ0n) is 11.3. The Hall–Kier alpha value is -2.33. The number of hydrogen-bond donors (Lipinski definition) is 1. The maximum absolute atomic E-state index is 11.2. The van der Waals surface area contributed by atoms with Gasteiger partial charge in [-0.05, 0) is 28.8 Å². The Labute approximate surface area is 126 Å². The van der Waals surface area contributed by atoms with Crippen LogP contribution in [0.2, 0.25) is 0 Å². The molecule has 108 valence electrons. The number of carboxylic acid groups (broad SMARTS) is 1. The fraction of sp³-hybridized carbons (Fsp3) is 0.125. The Balaban J connectivity index is 2.55. The Bertz CT molecular complexity index is 694. The summed E-state index contributed by atoms with van der Waals surface area (Å²) in [6, 6.07) is 12.1. The van der Waals surface area contributed by atoms with Crippen molar-refractivity contribution in [2.75, 3.05) is 0 Å². The molecule has 1 N–H and O–H groups in total. The van der Waals surface area contributed by atoms with Gasteiger partial charge in [-0.3, -0.25) is 4.79 Å². The number of carbonyl (C=O) groups excluding carboxylic acids is 1. The van der Waals surface area contributed by atoms with Gasteiger partial charge in [-0.25, -0.2) is 4.79 Å². The van der Waals surface area contributed by atoms with Crippen LogP contribution in [0.4, 0.5) is 0 Å². The molecule has 0 atom stereocenters. The van der Waals surface area contributed by atoms with Crippen LogP contribution < -0.4 is 4.74 Å². The van der Waals surface area contributed by atoms with E-state index in [-0.39, 0.29) is 11.3 Å². The van der Waals surface area contributed by atoms with Gasteiger partial charge in [0.1, 0.15) is 11.3 Å². The average Bonchev–Trinajstić information content (AvgIpc) is 2.46. The smallest absolute Gasteiger partial charge is 0.339 e. The fourth-order valence-corrected chi connectivity index (χ4v) is 2.26. The van der Waals surface area contributed by atoms with Crippen LogP contribution in [-0.4, -0.2) is 17.0 Å². The highest BCUT2D eigenvalue weighted by Gasteiger charge is 2.15. The number of ether oxygens (including phenoxy) is 1. The van der Waals surface area contributed by atoms with Crippen molar-refractivity contribution < 1.29 is 19.4 Å². The number of rotatable bonds is 4. The number of carboxylic acids is 1. The van der Waals surface area contributed by atoms with E-state index in [2.05, 4.69) is 0 Å². The summed E-state index contributed by atoms with van der Waals surface area (Å²) in [7, 11) is 0. The Morgan fingerprint density at radius 1 is 1.19 bits per heavy atom. The van der Waals surface area contributed by atoms with E-state index in [9.17, 15) is 9.59 Å². The van der Waals surface area contributed by atoms with Crippen LogP contribution in [0.1, 0.15) is 22.8 Å². The summed E-state index contributed by atoms with van der Waals surface area (Å²) in [4.78, 5) is 22.3. The highest BCUT2D eigenvalue weighted by atomic mass is 35.5. The van der Waals surface area contributed by atoms with Crippen molar-refractivity contribution in [1.29, 1.82) is 0 Å². The molecule has 21 heavy (non-hydrogen) atoms. The monoisotopic (exact) mass is 304 g/mol. The molecule has 2 aromatic carbocycles. The normalized spacial score (nSPS) is 10.2. The topological polar surface area (TPSA) is 63.6 Å². The van der Waals surface area contributed by atoms with Crippen molar-refractivity contribution in [1.82, 2.24) is 0 Å². The third-order valence-corrected chi connectivity index (χ3v) is 3.23. The van der Waals surface area contributed by atoms with Gasteiger partial charge in [-0.2, -0.15) is 0 Å². The van der Waals surface area contributed by atoms with Gasteiger partial charge in [0.15, 0.2) is 0 Å². The molecule has 0 amide bonds. The van der Waals surface area contributed by atoms with Crippen molar-refractivity contribution in [2.24, 2.45) is 0 Å². The number of alkyl halides is 1. The van der Waals surface area contributed by atoms with Crippen molar-refractivity contribution in [3.63, 3.8) is 0 Å². The van der Waals surface area contributed by atoms with Gasteiger partial charge in [-0.1, -0.05) is 30.3 Å². The molecule has 0 aliphatic carbocycles. The minimum Gasteiger partial charge on any atom is -0.478 e. The summed E-state index contributed by atoms with van der Waals surface area (Å²) in [5.74, 6) is -1.36. The van der Waals surface area contributed by atoms with Gasteiger partial charge in [0, 0.05) is 12.8 Å². The minimum atomic E-state index is -1.15. The molecule has 0 bridgehead atoms. The maximum Gasteiger partial charge on any atom is 0.339 e. The molecule has 0 heterocycles. The van der Waals surface area contributed by atoms with E-state index in [0.717, 1.165) is 16.7 Å². The number of halogens is 1. The van der Waals surface area contributed by atoms with Crippen LogP contribution in [-0.2, 0) is 10.7 Å². The predicted molar refractivity (Wildman–Crippen MR) is 79.7 cm³/mol. The molecule has 4 nitrogen and oxygen atoms in total. The van der Waals surface area contributed by atoms with Crippen LogP contribution in [0, 0.1) is 0 Å². The largest absolute Gasteiger partial charge is 0.478 e. The predicted octanol–water partition coefficient (Wildman–Crippen LogP) is 3.72. The van der Waals surface area contributed by atoms with Crippen LogP contribution >= 0.6 is 11.6 Å². The van der Waals surface area contributed by atoms with E-state index in [0.29, 0.717) is 5.88 Å². The quantitative estimate of drug-likeness (QED) is 0.531. The third-order valence-electron chi connectivity index (χ3n) is 2.94. The first kappa shape index (κ1) is 15.1. The van der Waals surface area contributed by atoms with E-state index in [4.69, 9.17) is 21.4 Å². The Morgan fingerprint density at radius 2 is 1.90 bits per heavy atom. The van der Waals surface area contributed by atoms with E-state index < -0.39 is 11.9 Å². The summed E-state index contributed by atoms with van der Waals surface area (Å²) in [6.45, 7) is 1.23. The lowest BCUT2D eigenvalue weighted by molar-refractivity contribution is -0.131. The third kappa shape index (κ3) is 3.41.